The number of hydrogen-bond acceptors (Lipinski definition) is 4. The minimum Gasteiger partial charge on any atom is -0.497 e. The van der Waals surface area contributed by atoms with Crippen LogP contribution in [0, 0.1) is 5.41 Å². The van der Waals surface area contributed by atoms with Gasteiger partial charge in [-0.3, -0.25) is 10.4 Å². The van der Waals surface area contributed by atoms with Crippen LogP contribution in [0.5, 0.6) is 5.75 Å². The fraction of sp³-hybridized carbons (Fsp3) is 0.143. The molecule has 0 radical (unpaired) electrons. The largest absolute Gasteiger partial charge is 0.497 e. The Morgan fingerprint density at radius 2 is 2.21 bits per heavy atom. The number of methoxy groups -OCH3 is 1. The molecule has 0 aliphatic rings. The minimum absolute atomic E-state index is 0.00171. The van der Waals surface area contributed by atoms with Crippen molar-refractivity contribution < 1.29 is 4.74 Å². The van der Waals surface area contributed by atoms with Gasteiger partial charge in [0.1, 0.15) is 17.3 Å². The van der Waals surface area contributed by atoms with Gasteiger partial charge in [-0.15, -0.1) is 11.8 Å². The molecule has 0 unspecified atom stereocenters. The van der Waals surface area contributed by atoms with Crippen LogP contribution in [0.1, 0.15) is 11.3 Å². The molecule has 0 saturated carbocycles. The number of rotatable bonds is 5. The average molecular weight is 273 g/mol. The van der Waals surface area contributed by atoms with Crippen LogP contribution < -0.4 is 10.5 Å². The maximum absolute atomic E-state index is 7.51. The molecule has 0 amide bonds. The summed E-state index contributed by atoms with van der Waals surface area (Å²) in [5, 5.41) is 7.51. The molecule has 1 aromatic carbocycles. The van der Waals surface area contributed by atoms with Gasteiger partial charge < -0.3 is 10.5 Å². The van der Waals surface area contributed by atoms with Crippen molar-refractivity contribution in [2.75, 3.05) is 7.11 Å². The highest BCUT2D eigenvalue weighted by atomic mass is 32.2. The summed E-state index contributed by atoms with van der Waals surface area (Å²) in [6.07, 6.45) is 1.65. The highest BCUT2D eigenvalue weighted by Crippen LogP contribution is 2.26. The first kappa shape index (κ1) is 13.4. The Morgan fingerprint density at radius 3 is 2.95 bits per heavy atom. The van der Waals surface area contributed by atoms with Gasteiger partial charge in [0.2, 0.25) is 0 Å². The molecule has 2 rings (SSSR count). The molecule has 0 aliphatic carbocycles. The van der Waals surface area contributed by atoms with Gasteiger partial charge in [-0.2, -0.15) is 0 Å². The van der Waals surface area contributed by atoms with Crippen LogP contribution in [0.2, 0.25) is 0 Å². The van der Waals surface area contributed by atoms with E-state index < -0.39 is 0 Å². The monoisotopic (exact) mass is 273 g/mol. The molecular weight excluding hydrogens is 258 g/mol. The Morgan fingerprint density at radius 1 is 1.37 bits per heavy atom. The Bertz CT molecular complexity index is 586. The van der Waals surface area contributed by atoms with Crippen molar-refractivity contribution in [2.24, 2.45) is 5.73 Å². The van der Waals surface area contributed by atoms with Crippen LogP contribution in [0.25, 0.3) is 0 Å². The fourth-order valence-corrected chi connectivity index (χ4v) is 2.58. The predicted octanol–water partition coefficient (Wildman–Crippen LogP) is 2.67. The zero-order valence-electron chi connectivity index (χ0n) is 10.6. The van der Waals surface area contributed by atoms with Gasteiger partial charge in [0, 0.05) is 16.8 Å². The van der Waals surface area contributed by atoms with Gasteiger partial charge in [0.05, 0.1) is 7.11 Å². The summed E-state index contributed by atoms with van der Waals surface area (Å²) in [5.74, 6) is 1.56. The summed E-state index contributed by atoms with van der Waals surface area (Å²) < 4.78 is 5.19. The molecular formula is C14H15N3OS. The predicted molar refractivity (Wildman–Crippen MR) is 77.8 cm³/mol. The molecule has 0 saturated heterocycles. The molecule has 1 heterocycles. The maximum atomic E-state index is 7.51. The molecule has 98 valence electrons. The van der Waals surface area contributed by atoms with Crippen molar-refractivity contribution >= 4 is 17.6 Å². The lowest BCUT2D eigenvalue weighted by Crippen LogP contribution is -2.15. The summed E-state index contributed by atoms with van der Waals surface area (Å²) >= 11 is 1.66. The highest BCUT2D eigenvalue weighted by molar-refractivity contribution is 7.98. The van der Waals surface area contributed by atoms with E-state index in [9.17, 15) is 0 Å². The smallest absolute Gasteiger partial charge is 0.142 e. The number of nitrogens with zero attached hydrogens (tertiary/aromatic N) is 1. The second kappa shape index (κ2) is 6.24. The van der Waals surface area contributed by atoms with Gasteiger partial charge in [0.15, 0.2) is 0 Å². The number of aromatic nitrogens is 1. The van der Waals surface area contributed by atoms with Crippen LogP contribution in [-0.4, -0.2) is 17.9 Å². The van der Waals surface area contributed by atoms with E-state index in [-0.39, 0.29) is 5.84 Å². The van der Waals surface area contributed by atoms with Gasteiger partial charge in [-0.1, -0.05) is 12.1 Å². The van der Waals surface area contributed by atoms with E-state index in [1.807, 2.05) is 36.4 Å². The van der Waals surface area contributed by atoms with E-state index in [0.717, 1.165) is 22.0 Å². The normalized spacial score (nSPS) is 10.2. The van der Waals surface area contributed by atoms with Crippen molar-refractivity contribution in [3.8, 4) is 5.75 Å². The molecule has 3 N–H and O–H groups in total. The summed E-state index contributed by atoms with van der Waals surface area (Å²) in [6, 6.07) is 11.7. The quantitative estimate of drug-likeness (QED) is 0.499. The minimum atomic E-state index is 0.00171. The van der Waals surface area contributed by atoms with Crippen LogP contribution >= 0.6 is 11.8 Å². The van der Waals surface area contributed by atoms with Crippen molar-refractivity contribution in [1.82, 2.24) is 4.98 Å². The number of ether oxygens (including phenoxy) is 1. The topological polar surface area (TPSA) is 72.0 Å². The molecule has 4 nitrogen and oxygen atoms in total. The maximum Gasteiger partial charge on any atom is 0.142 e. The molecule has 0 aliphatic heterocycles. The SMILES string of the molecule is COc1cccc(SCc2cccnc2C(=N)N)c1. The highest BCUT2D eigenvalue weighted by Gasteiger charge is 2.07. The molecule has 0 bridgehead atoms. The Hall–Kier alpha value is -2.01. The van der Waals surface area contributed by atoms with Crippen molar-refractivity contribution in [1.29, 1.82) is 5.41 Å². The molecule has 1 aromatic heterocycles. The zero-order chi connectivity index (χ0) is 13.7. The van der Waals surface area contributed by atoms with E-state index in [1.165, 1.54) is 0 Å². The number of nitrogens with two attached hydrogens (primary N) is 1. The number of benzene rings is 1. The average Bonchev–Trinajstić information content (AvgIpc) is 2.45. The van der Waals surface area contributed by atoms with E-state index in [4.69, 9.17) is 15.9 Å². The van der Waals surface area contributed by atoms with E-state index >= 15 is 0 Å². The lowest BCUT2D eigenvalue weighted by Gasteiger charge is -2.07. The van der Waals surface area contributed by atoms with E-state index in [2.05, 4.69) is 4.98 Å². The number of hydrogen-bond donors (Lipinski definition) is 2. The zero-order valence-corrected chi connectivity index (χ0v) is 11.4. The number of amidine groups is 1. The second-order valence-corrected chi connectivity index (χ2v) is 4.94. The molecule has 5 heteroatoms. The van der Waals surface area contributed by atoms with Gasteiger partial charge in [-0.05, 0) is 29.8 Å². The Balaban J connectivity index is 2.12. The van der Waals surface area contributed by atoms with Crippen LogP contribution in [0.3, 0.4) is 0 Å². The first-order chi connectivity index (χ1) is 9.20. The summed E-state index contributed by atoms with van der Waals surface area (Å²) in [5.41, 5.74) is 7.04. The summed E-state index contributed by atoms with van der Waals surface area (Å²) in [4.78, 5) is 5.25. The number of nitrogens with one attached hydrogen (secondary N) is 1. The van der Waals surface area contributed by atoms with Gasteiger partial charge in [-0.25, -0.2) is 0 Å². The Kier molecular flexibility index (Phi) is 4.41. The van der Waals surface area contributed by atoms with E-state index in [0.29, 0.717) is 5.69 Å². The lowest BCUT2D eigenvalue weighted by atomic mass is 10.2. The molecule has 2 aromatic rings. The van der Waals surface area contributed by atoms with Crippen molar-refractivity contribution in [3.05, 3.63) is 53.9 Å². The van der Waals surface area contributed by atoms with E-state index in [1.54, 1.807) is 25.1 Å². The second-order valence-electron chi connectivity index (χ2n) is 3.89. The lowest BCUT2D eigenvalue weighted by molar-refractivity contribution is 0.413. The first-order valence-corrected chi connectivity index (χ1v) is 6.74. The van der Waals surface area contributed by atoms with Crippen LogP contribution in [0.15, 0.2) is 47.5 Å². The third-order valence-electron chi connectivity index (χ3n) is 2.58. The first-order valence-electron chi connectivity index (χ1n) is 5.76. The van der Waals surface area contributed by atoms with Crippen molar-refractivity contribution in [3.63, 3.8) is 0 Å². The number of thioether (sulfide) groups is 1. The Labute approximate surface area is 116 Å². The van der Waals surface area contributed by atoms with Crippen LogP contribution in [0.4, 0.5) is 0 Å². The number of nitrogen functional groups attached to an aromatic ring is 1. The third kappa shape index (κ3) is 3.48. The standard InChI is InChI=1S/C14H15N3OS/c1-18-11-5-2-6-12(8-11)19-9-10-4-3-7-17-13(10)14(15)16/h2-8H,9H2,1H3,(H3,15,16). The van der Waals surface area contributed by atoms with Crippen molar-refractivity contribution in [2.45, 2.75) is 10.6 Å². The molecule has 19 heavy (non-hydrogen) atoms. The molecule has 0 fully saturated rings. The van der Waals surface area contributed by atoms with Gasteiger partial charge >= 0.3 is 0 Å². The summed E-state index contributed by atoms with van der Waals surface area (Å²) in [6.45, 7) is 0. The molecule has 0 spiro atoms. The van der Waals surface area contributed by atoms with Crippen LogP contribution in [-0.2, 0) is 5.75 Å². The number of pyridine rings is 1. The molecule has 0 atom stereocenters. The third-order valence-corrected chi connectivity index (χ3v) is 3.62. The fourth-order valence-electron chi connectivity index (χ4n) is 1.65. The van der Waals surface area contributed by atoms with Gasteiger partial charge in [0.25, 0.3) is 0 Å². The summed E-state index contributed by atoms with van der Waals surface area (Å²) in [7, 11) is 1.65.